The second kappa shape index (κ2) is 9.16. The Labute approximate surface area is 195 Å². The number of anilines is 1. The summed E-state index contributed by atoms with van der Waals surface area (Å²) in [6, 6.07) is 8.06. The van der Waals surface area contributed by atoms with E-state index in [4.69, 9.17) is 28.3 Å². The Morgan fingerprint density at radius 1 is 1.03 bits per heavy atom. The summed E-state index contributed by atoms with van der Waals surface area (Å²) < 4.78 is 80.2. The molecule has 1 aromatic heterocycles. The molecule has 2 aromatic carbocycles. The van der Waals surface area contributed by atoms with E-state index in [1.54, 1.807) is 0 Å². The van der Waals surface area contributed by atoms with E-state index in [0.29, 0.717) is 16.6 Å². The van der Waals surface area contributed by atoms with E-state index in [1.807, 2.05) is 0 Å². The summed E-state index contributed by atoms with van der Waals surface area (Å²) in [6.45, 7) is -0.560. The van der Waals surface area contributed by atoms with Gasteiger partial charge in [0.05, 0.1) is 32.6 Å². The largest absolute Gasteiger partial charge is 0.478 e. The van der Waals surface area contributed by atoms with Gasteiger partial charge in [0, 0.05) is 6.20 Å². The van der Waals surface area contributed by atoms with Gasteiger partial charge in [-0.05, 0) is 48.0 Å². The molecule has 13 heteroatoms. The minimum Gasteiger partial charge on any atom is -0.478 e. The number of rotatable bonds is 6. The number of aromatic nitrogens is 1. The molecule has 0 aliphatic heterocycles. The highest BCUT2D eigenvalue weighted by Crippen LogP contribution is 2.36. The van der Waals surface area contributed by atoms with E-state index in [9.17, 15) is 30.8 Å². The molecular weight excluding hydrogens is 511 g/mol. The van der Waals surface area contributed by atoms with Crippen LogP contribution >= 0.6 is 23.2 Å². The first kappa shape index (κ1) is 24.7. The Morgan fingerprint density at radius 3 is 2.18 bits per heavy atom. The molecule has 0 amide bonds. The van der Waals surface area contributed by atoms with Gasteiger partial charge >= 0.3 is 12.1 Å². The summed E-state index contributed by atoms with van der Waals surface area (Å²) >= 11 is 11.6. The van der Waals surface area contributed by atoms with Gasteiger partial charge in [-0.25, -0.2) is 26.9 Å². The lowest BCUT2D eigenvalue weighted by Crippen LogP contribution is -2.32. The number of hydrogen-bond acceptors (Lipinski definition) is 4. The lowest BCUT2D eigenvalue weighted by atomic mass is 10.2. The zero-order valence-corrected chi connectivity index (χ0v) is 18.5. The fourth-order valence-corrected chi connectivity index (χ4v) is 4.61. The van der Waals surface area contributed by atoms with Crippen molar-refractivity contribution >= 4 is 45.0 Å². The summed E-state index contributed by atoms with van der Waals surface area (Å²) in [6.07, 6.45) is -4.36. The molecule has 3 aromatic rings. The van der Waals surface area contributed by atoms with Gasteiger partial charge in [-0.3, -0.25) is 0 Å². The van der Waals surface area contributed by atoms with E-state index in [1.165, 1.54) is 12.1 Å². The maximum absolute atomic E-state index is 13.9. The minimum absolute atomic E-state index is 0.0976. The number of benzene rings is 2. The van der Waals surface area contributed by atoms with Crippen molar-refractivity contribution in [2.75, 3.05) is 4.31 Å². The molecule has 0 bridgehead atoms. The van der Waals surface area contributed by atoms with Crippen molar-refractivity contribution in [3.8, 4) is 0 Å². The predicted octanol–water partition coefficient (Wildman–Crippen LogP) is 5.64. The quantitative estimate of drug-likeness (QED) is 0.423. The second-order valence-corrected chi connectivity index (χ2v) is 9.29. The minimum atomic E-state index is -4.77. The SMILES string of the molecule is O=C(O)c1ccc(S(=O)(=O)N(Cc2ccc(Cl)c(F)c2)c2ncc(C(F)(F)F)cc2Cl)cc1. The first-order chi connectivity index (χ1) is 15.3. The predicted molar refractivity (Wildman–Crippen MR) is 112 cm³/mol. The molecule has 0 aliphatic rings. The van der Waals surface area contributed by atoms with Gasteiger partial charge in [0.1, 0.15) is 5.82 Å². The Morgan fingerprint density at radius 2 is 1.67 bits per heavy atom. The summed E-state index contributed by atoms with van der Waals surface area (Å²) in [4.78, 5) is 14.3. The van der Waals surface area contributed by atoms with Crippen molar-refractivity contribution in [3.63, 3.8) is 0 Å². The van der Waals surface area contributed by atoms with Gasteiger partial charge < -0.3 is 5.11 Å². The number of carbonyl (C=O) groups is 1. The summed E-state index contributed by atoms with van der Waals surface area (Å²) in [7, 11) is -4.53. The zero-order chi connectivity index (χ0) is 24.6. The number of sulfonamides is 1. The third-order valence-electron chi connectivity index (χ3n) is 4.38. The first-order valence-electron chi connectivity index (χ1n) is 8.83. The molecular formula is C20H12Cl2F4N2O4S. The Hall–Kier alpha value is -2.89. The molecule has 3 rings (SSSR count). The lowest BCUT2D eigenvalue weighted by molar-refractivity contribution is -0.137. The highest BCUT2D eigenvalue weighted by molar-refractivity contribution is 7.92. The number of nitrogens with zero attached hydrogens (tertiary/aromatic N) is 2. The molecule has 174 valence electrons. The topological polar surface area (TPSA) is 87.6 Å². The number of carboxylic acids is 1. The average Bonchev–Trinajstić information content (AvgIpc) is 2.74. The van der Waals surface area contributed by atoms with Crippen molar-refractivity contribution in [3.05, 3.63) is 87.3 Å². The van der Waals surface area contributed by atoms with Gasteiger partial charge in [-0.15, -0.1) is 0 Å². The number of hydrogen-bond donors (Lipinski definition) is 1. The van der Waals surface area contributed by atoms with Crippen molar-refractivity contribution in [1.29, 1.82) is 0 Å². The van der Waals surface area contributed by atoms with Crippen LogP contribution in [0.4, 0.5) is 23.4 Å². The third kappa shape index (κ3) is 5.37. The van der Waals surface area contributed by atoms with Gasteiger partial charge in [-0.1, -0.05) is 29.3 Å². The third-order valence-corrected chi connectivity index (χ3v) is 6.72. The van der Waals surface area contributed by atoms with Crippen LogP contribution in [0.5, 0.6) is 0 Å². The first-order valence-corrected chi connectivity index (χ1v) is 11.0. The van der Waals surface area contributed by atoms with Gasteiger partial charge in [0.25, 0.3) is 10.0 Å². The molecule has 1 N–H and O–H groups in total. The molecule has 0 radical (unpaired) electrons. The molecule has 6 nitrogen and oxygen atoms in total. The van der Waals surface area contributed by atoms with Crippen molar-refractivity contribution in [2.45, 2.75) is 17.6 Å². The highest BCUT2D eigenvalue weighted by Gasteiger charge is 2.34. The molecule has 0 fully saturated rings. The van der Waals surface area contributed by atoms with Crippen LogP contribution in [0.15, 0.2) is 59.6 Å². The average molecular weight is 523 g/mol. The summed E-state index contributed by atoms with van der Waals surface area (Å²) in [5, 5.41) is 8.17. The highest BCUT2D eigenvalue weighted by atomic mass is 35.5. The molecule has 0 atom stereocenters. The standard InChI is InChI=1S/C20H12Cl2F4N2O4S/c21-15-6-1-11(7-17(15)23)10-28(18-16(22)8-13(9-27-18)20(24,25)26)33(31,32)14-4-2-12(3-5-14)19(29)30/h1-9H,10H2,(H,29,30). The fraction of sp³-hybridized carbons (Fsp3) is 0.100. The van der Waals surface area contributed by atoms with Crippen molar-refractivity contribution in [1.82, 2.24) is 4.98 Å². The monoisotopic (exact) mass is 522 g/mol. The number of alkyl halides is 3. The van der Waals surface area contributed by atoms with E-state index in [-0.39, 0.29) is 21.0 Å². The molecule has 0 aliphatic carbocycles. The van der Waals surface area contributed by atoms with Crippen LogP contribution in [0.1, 0.15) is 21.5 Å². The van der Waals surface area contributed by atoms with Crippen molar-refractivity contribution < 1.29 is 35.9 Å². The van der Waals surface area contributed by atoms with Crippen LogP contribution in [0.2, 0.25) is 10.0 Å². The molecule has 0 saturated heterocycles. The molecule has 0 saturated carbocycles. The Kier molecular flexibility index (Phi) is 6.87. The molecule has 0 unspecified atom stereocenters. The zero-order valence-electron chi connectivity index (χ0n) is 16.1. The van der Waals surface area contributed by atoms with Gasteiger partial charge in [-0.2, -0.15) is 13.2 Å². The van der Waals surface area contributed by atoms with Gasteiger partial charge in [0.2, 0.25) is 0 Å². The van der Waals surface area contributed by atoms with Crippen LogP contribution < -0.4 is 4.31 Å². The van der Waals surface area contributed by atoms with Gasteiger partial charge in [0.15, 0.2) is 5.82 Å². The maximum Gasteiger partial charge on any atom is 0.417 e. The number of halogens is 6. The van der Waals surface area contributed by atoms with Crippen molar-refractivity contribution in [2.24, 2.45) is 0 Å². The van der Waals surface area contributed by atoms with Crippen LogP contribution in [-0.4, -0.2) is 24.5 Å². The summed E-state index contributed by atoms with van der Waals surface area (Å²) in [5.74, 6) is -2.67. The second-order valence-electron chi connectivity index (χ2n) is 6.62. The smallest absolute Gasteiger partial charge is 0.417 e. The van der Waals surface area contributed by atoms with Crippen LogP contribution in [0.25, 0.3) is 0 Å². The lowest BCUT2D eigenvalue weighted by Gasteiger charge is -2.25. The molecule has 1 heterocycles. The normalized spacial score (nSPS) is 11.9. The number of pyridine rings is 1. The van der Waals surface area contributed by atoms with E-state index >= 15 is 0 Å². The van der Waals surface area contributed by atoms with E-state index < -0.39 is 50.9 Å². The van der Waals surface area contributed by atoms with E-state index in [2.05, 4.69) is 4.98 Å². The van der Waals surface area contributed by atoms with Crippen LogP contribution in [-0.2, 0) is 22.7 Å². The Balaban J connectivity index is 2.14. The molecule has 33 heavy (non-hydrogen) atoms. The van der Waals surface area contributed by atoms with Crippen LogP contribution in [0, 0.1) is 5.82 Å². The van der Waals surface area contributed by atoms with Crippen LogP contribution in [0.3, 0.4) is 0 Å². The number of aromatic carboxylic acids is 1. The maximum atomic E-state index is 13.9. The number of carboxylic acid groups (broad SMARTS) is 1. The Bertz CT molecular complexity index is 1320. The van der Waals surface area contributed by atoms with E-state index in [0.717, 1.165) is 30.3 Å². The fourth-order valence-electron chi connectivity index (χ4n) is 2.74. The summed E-state index contributed by atoms with van der Waals surface area (Å²) in [5.41, 5.74) is -1.29. The molecule has 0 spiro atoms.